The molecule has 2 aliphatic rings. The lowest BCUT2D eigenvalue weighted by Gasteiger charge is -2.32. The first-order chi connectivity index (χ1) is 15.3. The first-order valence-electron chi connectivity index (χ1n) is 10.7. The standard InChI is InChI=1S/C23H27Cl2FN2O3S/c1-32(29,30)18-5-3-17(4-6-18)31-23-20-13-16(24)14-21(25)19(20)15-22(23)28-9-2-8-27(10-7-26)11-12-28/h3-6,13-14,22-23H,2,7-12,15H2,1H3/t22-,23-/m0/s1. The molecule has 2 atom stereocenters. The molecule has 0 radical (unpaired) electrons. The first-order valence-corrected chi connectivity index (χ1v) is 13.4. The van der Waals surface area contributed by atoms with Gasteiger partial charge >= 0.3 is 0 Å². The predicted octanol–water partition coefficient (Wildman–Crippen LogP) is 4.42. The molecule has 1 aliphatic heterocycles. The van der Waals surface area contributed by atoms with Gasteiger partial charge in [-0.15, -0.1) is 0 Å². The average Bonchev–Trinajstić information content (AvgIpc) is 2.92. The summed E-state index contributed by atoms with van der Waals surface area (Å²) < 4.78 is 42.8. The molecule has 32 heavy (non-hydrogen) atoms. The van der Waals surface area contributed by atoms with Crippen molar-refractivity contribution in [1.29, 1.82) is 0 Å². The topological polar surface area (TPSA) is 49.9 Å². The lowest BCUT2D eigenvalue weighted by Crippen LogP contribution is -2.42. The zero-order chi connectivity index (χ0) is 22.9. The Bertz CT molecular complexity index is 1070. The molecule has 1 saturated heterocycles. The van der Waals surface area contributed by atoms with Crippen LogP contribution in [-0.2, 0) is 16.3 Å². The number of benzene rings is 2. The maximum atomic E-state index is 12.8. The third-order valence-corrected chi connectivity index (χ3v) is 7.96. The number of ether oxygens (including phenoxy) is 1. The van der Waals surface area contributed by atoms with E-state index in [0.29, 0.717) is 22.3 Å². The molecule has 0 spiro atoms. The molecule has 1 aliphatic carbocycles. The van der Waals surface area contributed by atoms with Crippen LogP contribution in [0.15, 0.2) is 41.3 Å². The van der Waals surface area contributed by atoms with Gasteiger partial charge in [0, 0.05) is 41.5 Å². The zero-order valence-corrected chi connectivity index (χ0v) is 20.3. The monoisotopic (exact) mass is 500 g/mol. The van der Waals surface area contributed by atoms with E-state index in [9.17, 15) is 12.8 Å². The molecule has 0 N–H and O–H groups in total. The second-order valence-electron chi connectivity index (χ2n) is 8.43. The van der Waals surface area contributed by atoms with Crippen LogP contribution in [0.3, 0.4) is 0 Å². The summed E-state index contributed by atoms with van der Waals surface area (Å²) >= 11 is 12.9. The molecule has 0 aromatic heterocycles. The van der Waals surface area contributed by atoms with Crippen molar-refractivity contribution in [3.8, 4) is 5.75 Å². The molecule has 4 rings (SSSR count). The summed E-state index contributed by atoms with van der Waals surface area (Å²) in [4.78, 5) is 4.81. The minimum absolute atomic E-state index is 0.0564. The predicted molar refractivity (Wildman–Crippen MR) is 125 cm³/mol. The summed E-state index contributed by atoms with van der Waals surface area (Å²) in [6, 6.07) is 10.2. The van der Waals surface area contributed by atoms with E-state index < -0.39 is 9.84 Å². The van der Waals surface area contributed by atoms with Crippen LogP contribution in [0, 0.1) is 0 Å². The molecule has 0 amide bonds. The molecule has 1 heterocycles. The van der Waals surface area contributed by atoms with Gasteiger partial charge in [-0.05, 0) is 67.9 Å². The number of sulfone groups is 1. The molecule has 0 saturated carbocycles. The number of rotatable bonds is 6. The third kappa shape index (κ3) is 5.23. The van der Waals surface area contributed by atoms with Gasteiger partial charge in [0.15, 0.2) is 9.84 Å². The van der Waals surface area contributed by atoms with Crippen LogP contribution in [0.4, 0.5) is 4.39 Å². The van der Waals surface area contributed by atoms with Crippen LogP contribution in [-0.4, -0.2) is 69.9 Å². The van der Waals surface area contributed by atoms with Gasteiger partial charge in [-0.3, -0.25) is 9.80 Å². The number of hydrogen-bond acceptors (Lipinski definition) is 5. The summed E-state index contributed by atoms with van der Waals surface area (Å²) in [5.41, 5.74) is 1.99. The van der Waals surface area contributed by atoms with E-state index in [4.69, 9.17) is 27.9 Å². The summed E-state index contributed by atoms with van der Waals surface area (Å²) in [7, 11) is -3.28. The number of hydrogen-bond donors (Lipinski definition) is 0. The summed E-state index contributed by atoms with van der Waals surface area (Å²) in [6.45, 7) is 3.52. The lowest BCUT2D eigenvalue weighted by molar-refractivity contribution is 0.0797. The summed E-state index contributed by atoms with van der Waals surface area (Å²) in [5, 5.41) is 1.19. The van der Waals surface area contributed by atoms with Crippen LogP contribution < -0.4 is 4.74 Å². The fraction of sp³-hybridized carbons (Fsp3) is 0.478. The average molecular weight is 501 g/mol. The zero-order valence-electron chi connectivity index (χ0n) is 17.9. The highest BCUT2D eigenvalue weighted by Gasteiger charge is 2.40. The quantitative estimate of drug-likeness (QED) is 0.587. The molecule has 0 unspecified atom stereocenters. The van der Waals surface area contributed by atoms with E-state index in [1.807, 2.05) is 6.07 Å². The van der Waals surface area contributed by atoms with E-state index in [1.165, 1.54) is 6.26 Å². The van der Waals surface area contributed by atoms with Crippen molar-refractivity contribution in [2.45, 2.75) is 29.9 Å². The van der Waals surface area contributed by atoms with Crippen molar-refractivity contribution in [2.24, 2.45) is 0 Å². The molecule has 0 bridgehead atoms. The van der Waals surface area contributed by atoms with Gasteiger partial charge in [-0.1, -0.05) is 23.2 Å². The maximum Gasteiger partial charge on any atom is 0.175 e. The second kappa shape index (κ2) is 9.85. The van der Waals surface area contributed by atoms with Crippen LogP contribution in [0.5, 0.6) is 5.75 Å². The highest BCUT2D eigenvalue weighted by atomic mass is 35.5. The van der Waals surface area contributed by atoms with Gasteiger partial charge in [-0.25, -0.2) is 12.8 Å². The number of fused-ring (bicyclic) bond motifs is 1. The van der Waals surface area contributed by atoms with Gasteiger partial charge in [0.05, 0.1) is 10.9 Å². The Morgan fingerprint density at radius 2 is 1.84 bits per heavy atom. The number of nitrogens with zero attached hydrogens (tertiary/aromatic N) is 2. The van der Waals surface area contributed by atoms with Crippen molar-refractivity contribution in [1.82, 2.24) is 9.80 Å². The Balaban J connectivity index is 1.62. The van der Waals surface area contributed by atoms with Crippen molar-refractivity contribution in [3.63, 3.8) is 0 Å². The second-order valence-corrected chi connectivity index (χ2v) is 11.3. The van der Waals surface area contributed by atoms with Crippen LogP contribution in [0.1, 0.15) is 23.7 Å². The number of alkyl halides is 1. The summed E-state index contributed by atoms with van der Waals surface area (Å²) in [5.74, 6) is 0.588. The normalized spacial score (nSPS) is 22.5. The molecule has 2 aromatic rings. The molecule has 9 heteroatoms. The molecule has 1 fully saturated rings. The minimum Gasteiger partial charge on any atom is -0.484 e. The molecular weight excluding hydrogens is 474 g/mol. The third-order valence-electron chi connectivity index (χ3n) is 6.27. The van der Waals surface area contributed by atoms with Gasteiger partial charge in [0.1, 0.15) is 18.5 Å². The van der Waals surface area contributed by atoms with Gasteiger partial charge in [-0.2, -0.15) is 0 Å². The van der Waals surface area contributed by atoms with Crippen LogP contribution in [0.2, 0.25) is 10.0 Å². The van der Waals surface area contributed by atoms with E-state index in [-0.39, 0.29) is 23.7 Å². The summed E-state index contributed by atoms with van der Waals surface area (Å²) in [6.07, 6.45) is 2.58. The Kier molecular flexibility index (Phi) is 7.32. The highest BCUT2D eigenvalue weighted by molar-refractivity contribution is 7.90. The van der Waals surface area contributed by atoms with Crippen molar-refractivity contribution < 1.29 is 17.5 Å². The largest absolute Gasteiger partial charge is 0.484 e. The Morgan fingerprint density at radius 1 is 1.09 bits per heavy atom. The fourth-order valence-electron chi connectivity index (χ4n) is 4.66. The van der Waals surface area contributed by atoms with E-state index >= 15 is 0 Å². The lowest BCUT2D eigenvalue weighted by atomic mass is 10.1. The Labute approximate surface area is 199 Å². The maximum absolute atomic E-state index is 12.8. The van der Waals surface area contributed by atoms with E-state index in [0.717, 1.165) is 50.1 Å². The van der Waals surface area contributed by atoms with E-state index in [1.54, 1.807) is 30.3 Å². The Morgan fingerprint density at radius 3 is 2.53 bits per heavy atom. The van der Waals surface area contributed by atoms with Gasteiger partial charge in [0.2, 0.25) is 0 Å². The molecule has 5 nitrogen and oxygen atoms in total. The smallest absolute Gasteiger partial charge is 0.175 e. The fourth-order valence-corrected chi connectivity index (χ4v) is 5.87. The van der Waals surface area contributed by atoms with E-state index in [2.05, 4.69) is 9.80 Å². The van der Waals surface area contributed by atoms with Crippen LogP contribution in [0.25, 0.3) is 0 Å². The van der Waals surface area contributed by atoms with Crippen molar-refractivity contribution in [2.75, 3.05) is 45.7 Å². The Hall–Kier alpha value is -1.38. The van der Waals surface area contributed by atoms with Gasteiger partial charge in [0.25, 0.3) is 0 Å². The minimum atomic E-state index is -3.28. The van der Waals surface area contributed by atoms with Crippen LogP contribution >= 0.6 is 23.2 Å². The first kappa shape index (κ1) is 23.8. The number of halogens is 3. The SMILES string of the molecule is CS(=O)(=O)c1ccc(O[C@H]2c3cc(Cl)cc(Cl)c3C[C@@H]2N2CCCN(CCF)CC2)cc1. The highest BCUT2D eigenvalue weighted by Crippen LogP contribution is 2.43. The van der Waals surface area contributed by atoms with Crippen molar-refractivity contribution >= 4 is 33.0 Å². The van der Waals surface area contributed by atoms with Gasteiger partial charge < -0.3 is 4.74 Å². The van der Waals surface area contributed by atoms with Crippen molar-refractivity contribution in [3.05, 3.63) is 57.6 Å². The molecule has 174 valence electrons. The molecule has 2 aromatic carbocycles. The molecular formula is C23H27Cl2FN2O3S.